The maximum atomic E-state index is 8.82. The average Bonchev–Trinajstić information content (AvgIpc) is 2.18. The van der Waals surface area contributed by atoms with Gasteiger partial charge in [-0.25, -0.2) is 0 Å². The van der Waals surface area contributed by atoms with Gasteiger partial charge in [-0.2, -0.15) is 0 Å². The number of rotatable bonds is 5. The van der Waals surface area contributed by atoms with Crippen molar-refractivity contribution >= 4 is 0 Å². The van der Waals surface area contributed by atoms with Crippen LogP contribution in [0.5, 0.6) is 0 Å². The molecule has 1 fully saturated rings. The lowest BCUT2D eigenvalue weighted by molar-refractivity contribution is 0.233. The van der Waals surface area contributed by atoms with Crippen LogP contribution in [0.2, 0.25) is 0 Å². The first-order valence-electron chi connectivity index (χ1n) is 6.13. The van der Waals surface area contributed by atoms with Gasteiger partial charge in [-0.1, -0.05) is 26.2 Å². The average molecular weight is 199 g/mol. The largest absolute Gasteiger partial charge is 0.396 e. The molecule has 2 N–H and O–H groups in total. The van der Waals surface area contributed by atoms with Gasteiger partial charge in [0.1, 0.15) is 0 Å². The van der Waals surface area contributed by atoms with Crippen molar-refractivity contribution in [2.24, 2.45) is 5.92 Å². The number of hydrogen-bond donors (Lipinski definition) is 2. The minimum atomic E-state index is 0.304. The molecule has 0 heterocycles. The van der Waals surface area contributed by atoms with Crippen LogP contribution >= 0.6 is 0 Å². The molecule has 0 amide bonds. The smallest absolute Gasteiger partial charge is 0.0445 e. The summed E-state index contributed by atoms with van der Waals surface area (Å²) in [5.74, 6) is 0.933. The fourth-order valence-corrected chi connectivity index (χ4v) is 2.49. The highest BCUT2D eigenvalue weighted by Crippen LogP contribution is 2.26. The highest BCUT2D eigenvalue weighted by molar-refractivity contribution is 4.79. The molecule has 0 spiro atoms. The standard InChI is InChI=1S/C12H25NO/c1-3-11-5-4-6-12(9-11)13-10(2)7-8-14/h10-14H,3-9H2,1-2H3/t10-,11?,12?/m1/s1. The summed E-state index contributed by atoms with van der Waals surface area (Å²) in [5, 5.41) is 12.4. The summed E-state index contributed by atoms with van der Waals surface area (Å²) in [5.41, 5.74) is 0. The van der Waals surface area contributed by atoms with Crippen molar-refractivity contribution in [2.45, 2.75) is 64.5 Å². The number of nitrogens with one attached hydrogen (secondary N) is 1. The Morgan fingerprint density at radius 1 is 1.43 bits per heavy atom. The Balaban J connectivity index is 2.22. The molecule has 0 aromatic rings. The van der Waals surface area contributed by atoms with E-state index in [-0.39, 0.29) is 0 Å². The topological polar surface area (TPSA) is 32.3 Å². The molecule has 0 aromatic carbocycles. The molecule has 0 bridgehead atoms. The third-order valence-electron chi connectivity index (χ3n) is 3.44. The van der Waals surface area contributed by atoms with E-state index in [1.165, 1.54) is 32.1 Å². The minimum absolute atomic E-state index is 0.304. The first-order valence-corrected chi connectivity index (χ1v) is 6.13. The molecular weight excluding hydrogens is 174 g/mol. The van der Waals surface area contributed by atoms with E-state index in [1.54, 1.807) is 0 Å². The summed E-state index contributed by atoms with van der Waals surface area (Å²) in [6.45, 7) is 4.77. The molecule has 1 aliphatic rings. The van der Waals surface area contributed by atoms with Crippen LogP contribution in [0.4, 0.5) is 0 Å². The van der Waals surface area contributed by atoms with E-state index in [0.717, 1.165) is 12.3 Å². The number of aliphatic hydroxyl groups excluding tert-OH is 1. The highest BCUT2D eigenvalue weighted by Gasteiger charge is 2.21. The molecule has 2 unspecified atom stereocenters. The first-order chi connectivity index (χ1) is 6.76. The Hall–Kier alpha value is -0.0800. The lowest BCUT2D eigenvalue weighted by atomic mass is 9.84. The molecule has 1 aliphatic carbocycles. The molecule has 84 valence electrons. The van der Waals surface area contributed by atoms with E-state index >= 15 is 0 Å². The quantitative estimate of drug-likeness (QED) is 0.712. The van der Waals surface area contributed by atoms with Gasteiger partial charge in [0.2, 0.25) is 0 Å². The second-order valence-corrected chi connectivity index (χ2v) is 4.72. The van der Waals surface area contributed by atoms with Gasteiger partial charge < -0.3 is 10.4 Å². The zero-order chi connectivity index (χ0) is 10.4. The predicted octanol–water partition coefficient (Wildman–Crippen LogP) is 2.32. The molecule has 0 radical (unpaired) electrons. The van der Waals surface area contributed by atoms with E-state index in [4.69, 9.17) is 5.11 Å². The molecule has 0 aromatic heterocycles. The number of aliphatic hydroxyl groups is 1. The fourth-order valence-electron chi connectivity index (χ4n) is 2.49. The molecule has 1 saturated carbocycles. The normalized spacial score (nSPS) is 30.2. The Labute approximate surface area is 88.1 Å². The molecule has 1 rings (SSSR count). The van der Waals surface area contributed by atoms with Gasteiger partial charge in [-0.15, -0.1) is 0 Å². The molecule has 2 heteroatoms. The van der Waals surface area contributed by atoms with E-state index in [2.05, 4.69) is 19.2 Å². The van der Waals surface area contributed by atoms with Crippen LogP contribution in [-0.4, -0.2) is 23.8 Å². The van der Waals surface area contributed by atoms with Gasteiger partial charge in [-0.3, -0.25) is 0 Å². The Bertz CT molecular complexity index is 149. The van der Waals surface area contributed by atoms with Crippen molar-refractivity contribution in [3.63, 3.8) is 0 Å². The Kier molecular flexibility index (Phi) is 5.49. The third kappa shape index (κ3) is 3.97. The van der Waals surface area contributed by atoms with Gasteiger partial charge in [0.15, 0.2) is 0 Å². The lowest BCUT2D eigenvalue weighted by Gasteiger charge is -2.31. The monoisotopic (exact) mass is 199 g/mol. The van der Waals surface area contributed by atoms with Crippen molar-refractivity contribution in [1.29, 1.82) is 0 Å². The van der Waals surface area contributed by atoms with E-state index in [9.17, 15) is 0 Å². The molecule has 14 heavy (non-hydrogen) atoms. The summed E-state index contributed by atoms with van der Waals surface area (Å²) >= 11 is 0. The van der Waals surface area contributed by atoms with Crippen molar-refractivity contribution in [3.8, 4) is 0 Å². The van der Waals surface area contributed by atoms with Crippen LogP contribution in [0.15, 0.2) is 0 Å². The molecule has 3 atom stereocenters. The van der Waals surface area contributed by atoms with Gasteiger partial charge in [0, 0.05) is 18.7 Å². The summed E-state index contributed by atoms with van der Waals surface area (Å²) in [6, 6.07) is 1.18. The second-order valence-electron chi connectivity index (χ2n) is 4.72. The second kappa shape index (κ2) is 6.41. The SMILES string of the molecule is CCC1CCCC(N[C@H](C)CCO)C1. The van der Waals surface area contributed by atoms with Crippen LogP contribution in [0.3, 0.4) is 0 Å². The maximum Gasteiger partial charge on any atom is 0.0445 e. The van der Waals surface area contributed by atoms with Crippen molar-refractivity contribution in [3.05, 3.63) is 0 Å². The van der Waals surface area contributed by atoms with E-state index in [1.807, 2.05) is 0 Å². The van der Waals surface area contributed by atoms with Gasteiger partial charge in [0.05, 0.1) is 0 Å². The fraction of sp³-hybridized carbons (Fsp3) is 1.00. The Morgan fingerprint density at radius 3 is 2.86 bits per heavy atom. The van der Waals surface area contributed by atoms with Crippen molar-refractivity contribution in [1.82, 2.24) is 5.32 Å². The minimum Gasteiger partial charge on any atom is -0.396 e. The van der Waals surface area contributed by atoms with Crippen LogP contribution < -0.4 is 5.32 Å². The van der Waals surface area contributed by atoms with Crippen LogP contribution in [0.25, 0.3) is 0 Å². The highest BCUT2D eigenvalue weighted by atomic mass is 16.3. The van der Waals surface area contributed by atoms with E-state index in [0.29, 0.717) is 18.7 Å². The molecule has 0 saturated heterocycles. The predicted molar refractivity (Wildman–Crippen MR) is 60.3 cm³/mol. The van der Waals surface area contributed by atoms with Gasteiger partial charge in [0.25, 0.3) is 0 Å². The molecule has 0 aliphatic heterocycles. The summed E-state index contributed by atoms with van der Waals surface area (Å²) in [7, 11) is 0. The zero-order valence-corrected chi connectivity index (χ0v) is 9.63. The third-order valence-corrected chi connectivity index (χ3v) is 3.44. The lowest BCUT2D eigenvalue weighted by Crippen LogP contribution is -2.40. The van der Waals surface area contributed by atoms with E-state index < -0.39 is 0 Å². The van der Waals surface area contributed by atoms with Crippen LogP contribution in [0, 0.1) is 5.92 Å². The van der Waals surface area contributed by atoms with Crippen molar-refractivity contribution in [2.75, 3.05) is 6.61 Å². The number of hydrogen-bond acceptors (Lipinski definition) is 2. The summed E-state index contributed by atoms with van der Waals surface area (Å²) in [4.78, 5) is 0. The Morgan fingerprint density at radius 2 is 2.21 bits per heavy atom. The van der Waals surface area contributed by atoms with Crippen LogP contribution in [-0.2, 0) is 0 Å². The zero-order valence-electron chi connectivity index (χ0n) is 9.63. The van der Waals surface area contributed by atoms with Gasteiger partial charge >= 0.3 is 0 Å². The summed E-state index contributed by atoms with van der Waals surface area (Å²) in [6.07, 6.45) is 7.67. The summed E-state index contributed by atoms with van der Waals surface area (Å²) < 4.78 is 0. The first kappa shape index (κ1) is 12.0. The molecular formula is C12H25NO. The maximum absolute atomic E-state index is 8.82. The van der Waals surface area contributed by atoms with Crippen LogP contribution in [0.1, 0.15) is 52.4 Å². The van der Waals surface area contributed by atoms with Gasteiger partial charge in [-0.05, 0) is 32.1 Å². The van der Waals surface area contributed by atoms with Crippen molar-refractivity contribution < 1.29 is 5.11 Å². The molecule has 2 nitrogen and oxygen atoms in total.